The van der Waals surface area contributed by atoms with Crippen molar-refractivity contribution in [3.8, 4) is 17.1 Å². The zero-order valence-corrected chi connectivity index (χ0v) is 32.2. The summed E-state index contributed by atoms with van der Waals surface area (Å²) >= 11 is 0. The molecule has 2 aliphatic heterocycles. The van der Waals surface area contributed by atoms with Gasteiger partial charge in [0, 0.05) is 35.7 Å². The Kier molecular flexibility index (Phi) is 12.6. The van der Waals surface area contributed by atoms with Crippen LogP contribution in [0.4, 0.5) is 0 Å². The highest BCUT2D eigenvalue weighted by molar-refractivity contribution is 5.93. The number of nitrogens with one attached hydrogen (secondary N) is 3. The van der Waals surface area contributed by atoms with Gasteiger partial charge in [0.1, 0.15) is 24.5 Å². The molecular weight excluding hydrogens is 700 g/mol. The van der Waals surface area contributed by atoms with Gasteiger partial charge < -0.3 is 40.2 Å². The first kappa shape index (κ1) is 41.9. The van der Waals surface area contributed by atoms with E-state index in [0.29, 0.717) is 41.1 Å². The van der Waals surface area contributed by atoms with E-state index in [4.69, 9.17) is 14.9 Å². The number of aromatic nitrogens is 2. The molecule has 16 heteroatoms. The van der Waals surface area contributed by atoms with E-state index in [1.165, 1.54) is 12.5 Å². The Labute approximate surface area is 313 Å². The third-order valence-electron chi connectivity index (χ3n) is 9.74. The monoisotopic (exact) mass is 752 g/mol. The third-order valence-corrected chi connectivity index (χ3v) is 9.74. The van der Waals surface area contributed by atoms with Crippen molar-refractivity contribution in [3.63, 3.8) is 0 Å². The van der Waals surface area contributed by atoms with Gasteiger partial charge in [-0.1, -0.05) is 41.5 Å². The van der Waals surface area contributed by atoms with Crippen molar-refractivity contribution in [2.75, 3.05) is 21.1 Å². The highest BCUT2D eigenvalue weighted by atomic mass is 16.6. The van der Waals surface area contributed by atoms with Crippen molar-refractivity contribution in [1.29, 1.82) is 0 Å². The molecule has 294 valence electrons. The highest BCUT2D eigenvalue weighted by Crippen LogP contribution is 2.39. The summed E-state index contributed by atoms with van der Waals surface area (Å²) in [7, 11) is 5.32. The molecule has 0 saturated heterocycles. The molecule has 0 aliphatic carbocycles. The fourth-order valence-electron chi connectivity index (χ4n) is 6.79. The molecule has 5 rings (SSSR count). The van der Waals surface area contributed by atoms with Crippen LogP contribution in [0, 0.1) is 17.3 Å². The lowest BCUT2D eigenvalue weighted by Crippen LogP contribution is -2.56. The number of fused-ring (bicyclic) bond motifs is 5. The van der Waals surface area contributed by atoms with Crippen molar-refractivity contribution in [2.24, 2.45) is 17.3 Å². The quantitative estimate of drug-likeness (QED) is 0.0697. The van der Waals surface area contributed by atoms with Gasteiger partial charge in [-0.05, 0) is 62.5 Å². The summed E-state index contributed by atoms with van der Waals surface area (Å²) in [5.74, 6) is -3.61. The van der Waals surface area contributed by atoms with Crippen LogP contribution in [0.5, 0.6) is 5.75 Å². The largest absolute Gasteiger partial charge is 0.508 e. The molecule has 0 fully saturated rings. The first-order valence-corrected chi connectivity index (χ1v) is 17.8. The second kappa shape index (κ2) is 16.2. The van der Waals surface area contributed by atoms with E-state index in [0.717, 1.165) is 16.5 Å². The van der Waals surface area contributed by atoms with E-state index in [2.05, 4.69) is 10.6 Å². The maximum atomic E-state index is 13.2. The Balaban J connectivity index is 0.000000254. The van der Waals surface area contributed by atoms with Crippen LogP contribution < -0.4 is 21.7 Å². The van der Waals surface area contributed by atoms with Gasteiger partial charge in [0.25, 0.3) is 11.5 Å². The molecule has 2 aliphatic rings. The summed E-state index contributed by atoms with van der Waals surface area (Å²) in [4.78, 5) is 68.2. The predicted molar refractivity (Wildman–Crippen MR) is 198 cm³/mol. The summed E-state index contributed by atoms with van der Waals surface area (Å²) in [5.41, 5.74) is 2.82. The lowest BCUT2D eigenvalue weighted by atomic mass is 9.84. The number of benzene rings is 1. The standard InChI is InChI=1S/C23H23N3O5.C15H29N3O5/c1-4-23(30)16-8-18-20-12(9-26(18)21(28)15(16)11-31-22(23)29)7-13-14(10-25(2)3)19(27)6-5-17(13)24-20;1-8(2)7-9(10(19)13(21)18-23)12(20)17-11(14(22)16-6)15(3,4)5/h5-8,27,30H,4,9-11H2,1-3H3;8-11,19,23H,7H2,1-6H3,(H,16,22)(H,17,20)(H,18,21)/t23-;9-,10+,11-/m01/s1. The second-order valence-corrected chi connectivity index (χ2v) is 15.5. The number of phenols is 1. The molecule has 0 bridgehead atoms. The lowest BCUT2D eigenvalue weighted by molar-refractivity contribution is -0.172. The van der Waals surface area contributed by atoms with Crippen LogP contribution in [-0.4, -0.2) is 92.0 Å². The molecule has 1 aromatic carbocycles. The van der Waals surface area contributed by atoms with Gasteiger partial charge in [-0.15, -0.1) is 0 Å². The summed E-state index contributed by atoms with van der Waals surface area (Å²) in [6.07, 6.45) is -1.37. The third kappa shape index (κ3) is 8.26. The van der Waals surface area contributed by atoms with Crippen LogP contribution in [0.15, 0.2) is 29.1 Å². The topological polar surface area (TPSA) is 233 Å². The molecule has 4 heterocycles. The number of carbonyl (C=O) groups excluding carboxylic acids is 4. The molecule has 3 amide bonds. The number of cyclic esters (lactones) is 1. The van der Waals surface area contributed by atoms with Crippen LogP contribution in [-0.2, 0) is 49.2 Å². The number of pyridine rings is 2. The van der Waals surface area contributed by atoms with Gasteiger partial charge >= 0.3 is 5.97 Å². The Morgan fingerprint density at radius 2 is 1.76 bits per heavy atom. The van der Waals surface area contributed by atoms with Crippen LogP contribution in [0.3, 0.4) is 0 Å². The maximum absolute atomic E-state index is 13.2. The second-order valence-electron chi connectivity index (χ2n) is 15.5. The van der Waals surface area contributed by atoms with Crippen molar-refractivity contribution < 1.29 is 44.4 Å². The van der Waals surface area contributed by atoms with Crippen LogP contribution >= 0.6 is 0 Å². The zero-order valence-electron chi connectivity index (χ0n) is 32.2. The van der Waals surface area contributed by atoms with Crippen molar-refractivity contribution >= 4 is 34.6 Å². The number of rotatable bonds is 10. The first-order chi connectivity index (χ1) is 25.2. The molecule has 0 spiro atoms. The summed E-state index contributed by atoms with van der Waals surface area (Å²) in [5, 5.41) is 45.9. The average Bonchev–Trinajstić information content (AvgIpc) is 3.48. The fraction of sp³-hybridized carbons (Fsp3) is 0.526. The number of hydroxylamine groups is 1. The smallest absolute Gasteiger partial charge is 0.343 e. The van der Waals surface area contributed by atoms with Gasteiger partial charge in [-0.25, -0.2) is 15.3 Å². The Hall–Kier alpha value is -4.90. The number of phenolic OH excluding ortho intramolecular Hbond substituents is 1. The lowest BCUT2D eigenvalue weighted by Gasteiger charge is -2.32. The number of likely N-dealkylation sites (N-methyl/N-ethyl adjacent to an activating group) is 1. The molecule has 3 aromatic rings. The number of aromatic hydroxyl groups is 1. The normalized spacial score (nSPS) is 17.7. The SMILES string of the molecule is CC[C@@]1(O)C(=O)OCc2c1cc1n(c2=O)Cc2cc3c(CN(C)C)c(O)ccc3nc2-1.CNC(=O)[C@@H](NC(=O)[C@H](CC(C)C)[C@H](O)C(=O)NO)C(C)(C)C. The number of amides is 3. The first-order valence-electron chi connectivity index (χ1n) is 17.8. The van der Waals surface area contributed by atoms with Crippen LogP contribution in [0.25, 0.3) is 22.3 Å². The van der Waals surface area contributed by atoms with E-state index in [1.807, 2.05) is 38.9 Å². The van der Waals surface area contributed by atoms with Gasteiger partial charge in [0.2, 0.25) is 11.8 Å². The fourth-order valence-corrected chi connectivity index (χ4v) is 6.79. The predicted octanol–water partition coefficient (Wildman–Crippen LogP) is 1.64. The van der Waals surface area contributed by atoms with E-state index >= 15 is 0 Å². The Morgan fingerprint density at radius 3 is 2.31 bits per heavy atom. The highest BCUT2D eigenvalue weighted by Gasteiger charge is 2.45. The number of hydrogen-bond acceptors (Lipinski definition) is 12. The Bertz CT molecular complexity index is 2000. The summed E-state index contributed by atoms with van der Waals surface area (Å²) < 4.78 is 6.71. The molecule has 2 aromatic heterocycles. The molecular formula is C38H52N6O10. The van der Waals surface area contributed by atoms with Gasteiger partial charge in [0.15, 0.2) is 5.60 Å². The molecule has 0 unspecified atom stereocenters. The number of esters is 1. The van der Waals surface area contributed by atoms with E-state index < -0.39 is 46.9 Å². The van der Waals surface area contributed by atoms with E-state index in [1.54, 1.807) is 50.5 Å². The minimum atomic E-state index is -1.84. The van der Waals surface area contributed by atoms with Crippen molar-refractivity contribution in [1.82, 2.24) is 30.6 Å². The number of hydrogen-bond donors (Lipinski definition) is 7. The van der Waals surface area contributed by atoms with Crippen LogP contribution in [0.1, 0.15) is 76.6 Å². The number of carbonyl (C=O) groups is 4. The number of nitrogens with zero attached hydrogens (tertiary/aromatic N) is 3. The summed E-state index contributed by atoms with van der Waals surface area (Å²) in [6.45, 7) is 11.5. The van der Waals surface area contributed by atoms with Crippen LogP contribution in [0.2, 0.25) is 0 Å². The number of aliphatic hydroxyl groups excluding tert-OH is 1. The molecule has 0 saturated carbocycles. The molecule has 16 nitrogen and oxygen atoms in total. The molecule has 0 radical (unpaired) electrons. The molecule has 54 heavy (non-hydrogen) atoms. The molecule has 4 atom stereocenters. The van der Waals surface area contributed by atoms with E-state index in [9.17, 15) is 39.3 Å². The number of ether oxygens (including phenoxy) is 1. The number of aliphatic hydroxyl groups is 2. The zero-order chi connectivity index (χ0) is 40.4. The minimum absolute atomic E-state index is 0.0278. The molecule has 7 N–H and O–H groups in total. The summed E-state index contributed by atoms with van der Waals surface area (Å²) in [6, 6.07) is 6.23. The van der Waals surface area contributed by atoms with Crippen molar-refractivity contribution in [3.05, 3.63) is 56.9 Å². The minimum Gasteiger partial charge on any atom is -0.508 e. The van der Waals surface area contributed by atoms with E-state index in [-0.39, 0.29) is 42.6 Å². The average molecular weight is 753 g/mol. The maximum Gasteiger partial charge on any atom is 0.343 e. The van der Waals surface area contributed by atoms with Gasteiger partial charge in [-0.2, -0.15) is 0 Å². The van der Waals surface area contributed by atoms with Gasteiger partial charge in [0.05, 0.1) is 34.9 Å². The Morgan fingerprint density at radius 1 is 1.09 bits per heavy atom. The van der Waals surface area contributed by atoms with Crippen molar-refractivity contribution in [2.45, 2.75) is 91.8 Å². The van der Waals surface area contributed by atoms with Gasteiger partial charge in [-0.3, -0.25) is 24.4 Å².